The van der Waals surface area contributed by atoms with Crippen LogP contribution >= 0.6 is 23.2 Å². The largest absolute Gasteiger partial charge is 0.431 e. The quantitative estimate of drug-likeness (QED) is 0.699. The molecule has 5 heteroatoms. The van der Waals surface area contributed by atoms with Gasteiger partial charge in [0, 0.05) is 24.3 Å². The second kappa shape index (κ2) is 5.39. The molecule has 2 aliphatic rings. The van der Waals surface area contributed by atoms with Gasteiger partial charge in [-0.05, 0) is 17.0 Å². The van der Waals surface area contributed by atoms with Crippen molar-refractivity contribution in [2.45, 2.75) is 39.0 Å². The Labute approximate surface area is 139 Å². The first-order valence-corrected chi connectivity index (χ1v) is 7.95. The van der Waals surface area contributed by atoms with Gasteiger partial charge in [-0.3, -0.25) is 9.59 Å². The molecular formula is C17H16Cl2O3. The molecule has 1 aliphatic heterocycles. The summed E-state index contributed by atoms with van der Waals surface area (Å²) in [5.41, 5.74) is 1.10. The maximum absolute atomic E-state index is 12.6. The molecule has 1 unspecified atom stereocenters. The fourth-order valence-corrected chi connectivity index (χ4v) is 3.70. The van der Waals surface area contributed by atoms with E-state index < -0.39 is 0 Å². The molecule has 1 aromatic carbocycles. The van der Waals surface area contributed by atoms with Gasteiger partial charge in [-0.25, -0.2) is 0 Å². The highest BCUT2D eigenvalue weighted by atomic mass is 35.5. The number of hydrogen-bond donors (Lipinski definition) is 0. The van der Waals surface area contributed by atoms with Gasteiger partial charge in [0.05, 0.1) is 16.5 Å². The molecule has 0 bridgehead atoms. The Morgan fingerprint density at radius 1 is 1.18 bits per heavy atom. The van der Waals surface area contributed by atoms with Crippen molar-refractivity contribution in [3.63, 3.8) is 0 Å². The van der Waals surface area contributed by atoms with Gasteiger partial charge in [-0.15, -0.1) is 0 Å². The molecule has 0 saturated carbocycles. The molecule has 1 aromatic rings. The number of hydrogen-bond acceptors (Lipinski definition) is 3. The topological polar surface area (TPSA) is 43.4 Å². The average Bonchev–Trinajstić information content (AvgIpc) is 2.39. The molecule has 0 fully saturated rings. The van der Waals surface area contributed by atoms with E-state index >= 15 is 0 Å². The number of Topliss-reactive ketones (excluding diaryl/α,β-unsaturated/α-hetero) is 1. The van der Waals surface area contributed by atoms with E-state index in [1.165, 1.54) is 0 Å². The Hall–Kier alpha value is -1.32. The summed E-state index contributed by atoms with van der Waals surface area (Å²) >= 11 is 12.4. The van der Waals surface area contributed by atoms with Crippen LogP contribution in [-0.4, -0.2) is 11.8 Å². The van der Waals surface area contributed by atoms with Crippen molar-refractivity contribution < 1.29 is 14.3 Å². The second-order valence-electron chi connectivity index (χ2n) is 6.65. The Morgan fingerprint density at radius 2 is 1.91 bits per heavy atom. The Kier molecular flexibility index (Phi) is 3.82. The van der Waals surface area contributed by atoms with E-state index in [2.05, 4.69) is 0 Å². The maximum Gasteiger partial charge on any atom is 0.311 e. The predicted octanol–water partition coefficient (Wildman–Crippen LogP) is 4.67. The van der Waals surface area contributed by atoms with Crippen LogP contribution < -0.4 is 0 Å². The highest BCUT2D eigenvalue weighted by Gasteiger charge is 2.42. The summed E-state index contributed by atoms with van der Waals surface area (Å²) in [6.45, 7) is 4.00. The van der Waals surface area contributed by atoms with Gasteiger partial charge in [0.15, 0.2) is 5.78 Å². The van der Waals surface area contributed by atoms with Crippen LogP contribution in [0.5, 0.6) is 0 Å². The molecule has 0 aromatic heterocycles. The number of allylic oxidation sites excluding steroid dienone is 2. The highest BCUT2D eigenvalue weighted by Crippen LogP contribution is 2.47. The van der Waals surface area contributed by atoms with Crippen LogP contribution in [0.1, 0.15) is 44.6 Å². The van der Waals surface area contributed by atoms with E-state index in [4.69, 9.17) is 27.9 Å². The summed E-state index contributed by atoms with van der Waals surface area (Å²) < 4.78 is 5.36. The molecule has 3 nitrogen and oxygen atoms in total. The van der Waals surface area contributed by atoms with Crippen LogP contribution in [0.4, 0.5) is 0 Å². The SMILES string of the molecule is CC1(C)CC(=O)C2=C(C1)OC(=O)CC2c1cccc(Cl)c1Cl. The fraction of sp³-hybridized carbons (Fsp3) is 0.412. The first-order chi connectivity index (χ1) is 10.3. The monoisotopic (exact) mass is 338 g/mol. The highest BCUT2D eigenvalue weighted by molar-refractivity contribution is 6.42. The molecular weight excluding hydrogens is 323 g/mol. The van der Waals surface area contributed by atoms with Crippen molar-refractivity contribution in [3.05, 3.63) is 45.1 Å². The van der Waals surface area contributed by atoms with Gasteiger partial charge in [0.25, 0.3) is 0 Å². The predicted molar refractivity (Wildman–Crippen MR) is 85.0 cm³/mol. The van der Waals surface area contributed by atoms with Crippen LogP contribution in [0.3, 0.4) is 0 Å². The van der Waals surface area contributed by atoms with Gasteiger partial charge in [-0.2, -0.15) is 0 Å². The maximum atomic E-state index is 12.6. The van der Waals surface area contributed by atoms with Gasteiger partial charge in [-0.1, -0.05) is 49.2 Å². The molecule has 0 spiro atoms. The van der Waals surface area contributed by atoms with Crippen molar-refractivity contribution in [2.24, 2.45) is 5.41 Å². The van der Waals surface area contributed by atoms with E-state index in [1.54, 1.807) is 12.1 Å². The van der Waals surface area contributed by atoms with E-state index in [0.29, 0.717) is 39.8 Å². The average molecular weight is 339 g/mol. The lowest BCUT2D eigenvalue weighted by atomic mass is 9.71. The standard InChI is InChI=1S/C17H16Cl2O3/c1-17(2)7-12(20)15-10(6-14(21)22-13(15)8-17)9-4-3-5-11(18)16(9)19/h3-5,10H,6-8H2,1-2H3. The van der Waals surface area contributed by atoms with Gasteiger partial charge in [0.2, 0.25) is 0 Å². The van der Waals surface area contributed by atoms with E-state index in [0.717, 1.165) is 0 Å². The van der Waals surface area contributed by atoms with Crippen LogP contribution in [0.25, 0.3) is 0 Å². The molecule has 116 valence electrons. The van der Waals surface area contributed by atoms with Gasteiger partial charge in [0.1, 0.15) is 5.76 Å². The zero-order valence-corrected chi connectivity index (χ0v) is 13.9. The number of ketones is 1. The second-order valence-corrected chi connectivity index (χ2v) is 7.44. The van der Waals surface area contributed by atoms with Gasteiger partial charge < -0.3 is 4.74 Å². The summed E-state index contributed by atoms with van der Waals surface area (Å²) in [5.74, 6) is -0.172. The van der Waals surface area contributed by atoms with Crippen molar-refractivity contribution in [1.29, 1.82) is 0 Å². The minimum Gasteiger partial charge on any atom is -0.431 e. The lowest BCUT2D eigenvalue weighted by Gasteiger charge is -2.36. The third-order valence-corrected chi connectivity index (χ3v) is 5.03. The minimum absolute atomic E-state index is 0.0276. The Balaban J connectivity index is 2.13. The first kappa shape index (κ1) is 15.6. The first-order valence-electron chi connectivity index (χ1n) is 7.19. The summed E-state index contributed by atoms with van der Waals surface area (Å²) in [4.78, 5) is 24.6. The smallest absolute Gasteiger partial charge is 0.311 e. The number of rotatable bonds is 1. The summed E-state index contributed by atoms with van der Waals surface area (Å²) in [6.07, 6.45) is 1.14. The number of ether oxygens (including phenoxy) is 1. The summed E-state index contributed by atoms with van der Waals surface area (Å²) in [5, 5.41) is 0.817. The zero-order valence-electron chi connectivity index (χ0n) is 12.4. The zero-order chi connectivity index (χ0) is 16.1. The van der Waals surface area contributed by atoms with Crippen LogP contribution in [0.15, 0.2) is 29.5 Å². The number of halogens is 2. The Morgan fingerprint density at radius 3 is 2.64 bits per heavy atom. The molecule has 1 atom stereocenters. The molecule has 3 rings (SSSR count). The van der Waals surface area contributed by atoms with Crippen molar-refractivity contribution in [1.82, 2.24) is 0 Å². The molecule has 22 heavy (non-hydrogen) atoms. The summed E-state index contributed by atoms with van der Waals surface area (Å²) in [7, 11) is 0. The Bertz CT molecular complexity index is 704. The minimum atomic E-state index is -0.369. The number of benzene rings is 1. The van der Waals surface area contributed by atoms with Crippen molar-refractivity contribution >= 4 is 35.0 Å². The fourth-order valence-electron chi connectivity index (χ4n) is 3.26. The van der Waals surface area contributed by atoms with Crippen LogP contribution in [0.2, 0.25) is 10.0 Å². The van der Waals surface area contributed by atoms with Crippen LogP contribution in [0, 0.1) is 5.41 Å². The van der Waals surface area contributed by atoms with E-state index in [9.17, 15) is 9.59 Å². The molecule has 1 heterocycles. The van der Waals surface area contributed by atoms with Crippen molar-refractivity contribution in [2.75, 3.05) is 0 Å². The van der Waals surface area contributed by atoms with Gasteiger partial charge >= 0.3 is 5.97 Å². The molecule has 0 N–H and O–H groups in total. The third-order valence-electron chi connectivity index (χ3n) is 4.19. The lowest BCUT2D eigenvalue weighted by molar-refractivity contribution is -0.142. The van der Waals surface area contributed by atoms with E-state index in [1.807, 2.05) is 19.9 Å². The number of esters is 1. The molecule has 0 radical (unpaired) electrons. The van der Waals surface area contributed by atoms with Crippen LogP contribution in [-0.2, 0) is 14.3 Å². The molecule has 0 amide bonds. The van der Waals surface area contributed by atoms with Crippen molar-refractivity contribution in [3.8, 4) is 0 Å². The summed E-state index contributed by atoms with van der Waals surface area (Å²) in [6, 6.07) is 5.28. The molecule has 0 saturated heterocycles. The number of carbonyl (C=O) groups is 2. The number of carbonyl (C=O) groups excluding carboxylic acids is 2. The third kappa shape index (κ3) is 2.68. The van der Waals surface area contributed by atoms with E-state index in [-0.39, 0.29) is 29.5 Å². The molecule has 1 aliphatic carbocycles. The lowest BCUT2D eigenvalue weighted by Crippen LogP contribution is -2.34. The normalized spacial score (nSPS) is 24.1.